The number of ether oxygens (including phenoxy) is 1. The highest BCUT2D eigenvalue weighted by Crippen LogP contribution is 2.35. The summed E-state index contributed by atoms with van der Waals surface area (Å²) >= 11 is 6.17. The Morgan fingerprint density at radius 2 is 1.74 bits per heavy atom. The SMILES string of the molecule is C=C1C=Cc2cc(-c3cnc(N4CCOCC4)cc3C)n(-c3ccc(Cl)cc3)c2C=C1. The average molecular weight is 430 g/mol. The number of fused-ring (bicyclic) bond motifs is 1. The van der Waals surface area contributed by atoms with Crippen LogP contribution in [0.1, 0.15) is 16.8 Å². The van der Waals surface area contributed by atoms with Gasteiger partial charge in [0.2, 0.25) is 0 Å². The summed E-state index contributed by atoms with van der Waals surface area (Å²) < 4.78 is 7.75. The molecule has 0 atom stereocenters. The Bertz CT molecular complexity index is 1200. The van der Waals surface area contributed by atoms with Crippen LogP contribution in [0.25, 0.3) is 29.1 Å². The standard InChI is InChI=1S/C26H24ClN3O/c1-18-3-5-20-16-25(30(24(20)10-4-18)22-8-6-21(27)7-9-22)23-17-28-26(15-19(23)2)29-11-13-31-14-12-29/h3-10,15-17H,1,11-14H2,2H3. The molecule has 1 saturated heterocycles. The van der Waals surface area contributed by atoms with Crippen LogP contribution in [0, 0.1) is 6.92 Å². The van der Waals surface area contributed by atoms with Gasteiger partial charge in [-0.3, -0.25) is 0 Å². The van der Waals surface area contributed by atoms with E-state index >= 15 is 0 Å². The molecule has 1 aromatic carbocycles. The number of pyridine rings is 1. The van der Waals surface area contributed by atoms with E-state index in [1.807, 2.05) is 42.6 Å². The number of hydrogen-bond donors (Lipinski definition) is 0. The summed E-state index contributed by atoms with van der Waals surface area (Å²) in [7, 11) is 0. The molecular formula is C26H24ClN3O. The lowest BCUT2D eigenvalue weighted by Crippen LogP contribution is -2.36. The first-order valence-corrected chi connectivity index (χ1v) is 10.8. The van der Waals surface area contributed by atoms with Gasteiger partial charge >= 0.3 is 0 Å². The quantitative estimate of drug-likeness (QED) is 0.516. The third kappa shape index (κ3) is 3.85. The van der Waals surface area contributed by atoms with Crippen molar-refractivity contribution in [3.8, 4) is 16.9 Å². The number of allylic oxidation sites excluding steroid dienone is 3. The van der Waals surface area contributed by atoms with E-state index in [1.165, 1.54) is 5.56 Å². The average Bonchev–Trinajstić information content (AvgIpc) is 3.05. The van der Waals surface area contributed by atoms with Crippen LogP contribution in [-0.4, -0.2) is 35.9 Å². The van der Waals surface area contributed by atoms with Crippen molar-refractivity contribution in [1.29, 1.82) is 0 Å². The summed E-state index contributed by atoms with van der Waals surface area (Å²) in [5, 5.41) is 0.722. The summed E-state index contributed by atoms with van der Waals surface area (Å²) in [5.41, 5.74) is 7.71. The second kappa shape index (κ2) is 8.22. The Kier molecular flexibility index (Phi) is 5.26. The summed E-state index contributed by atoms with van der Waals surface area (Å²) in [6.07, 6.45) is 10.3. The lowest BCUT2D eigenvalue weighted by molar-refractivity contribution is 0.122. The zero-order valence-electron chi connectivity index (χ0n) is 17.5. The predicted molar refractivity (Wildman–Crippen MR) is 129 cm³/mol. The molecule has 156 valence electrons. The minimum atomic E-state index is 0.722. The smallest absolute Gasteiger partial charge is 0.128 e. The van der Waals surface area contributed by atoms with Crippen LogP contribution in [0.15, 0.2) is 66.9 Å². The maximum Gasteiger partial charge on any atom is 0.128 e. The van der Waals surface area contributed by atoms with Gasteiger partial charge in [0.15, 0.2) is 0 Å². The van der Waals surface area contributed by atoms with E-state index in [9.17, 15) is 0 Å². The maximum atomic E-state index is 6.17. The highest BCUT2D eigenvalue weighted by molar-refractivity contribution is 6.30. The van der Waals surface area contributed by atoms with E-state index in [0.29, 0.717) is 0 Å². The molecule has 3 aromatic rings. The number of aromatic nitrogens is 2. The van der Waals surface area contributed by atoms with Gasteiger partial charge in [0, 0.05) is 41.1 Å². The Morgan fingerprint density at radius 1 is 1.00 bits per heavy atom. The Hall–Kier alpha value is -3.08. The van der Waals surface area contributed by atoms with Gasteiger partial charge in [-0.05, 0) is 60.5 Å². The Labute approximate surface area is 187 Å². The van der Waals surface area contributed by atoms with Crippen molar-refractivity contribution in [3.05, 3.63) is 88.7 Å². The van der Waals surface area contributed by atoms with Crippen molar-refractivity contribution in [2.75, 3.05) is 31.2 Å². The normalized spacial score (nSPS) is 15.8. The van der Waals surface area contributed by atoms with Gasteiger partial charge < -0.3 is 14.2 Å². The second-order valence-electron chi connectivity index (χ2n) is 7.88. The van der Waals surface area contributed by atoms with Crippen molar-refractivity contribution >= 4 is 29.6 Å². The minimum Gasteiger partial charge on any atom is -0.378 e. The van der Waals surface area contributed by atoms with Gasteiger partial charge in [0.1, 0.15) is 5.82 Å². The largest absolute Gasteiger partial charge is 0.378 e. The molecular weight excluding hydrogens is 406 g/mol. The second-order valence-corrected chi connectivity index (χ2v) is 8.32. The fourth-order valence-corrected chi connectivity index (χ4v) is 4.25. The highest BCUT2D eigenvalue weighted by Gasteiger charge is 2.19. The maximum absolute atomic E-state index is 6.17. The first-order chi connectivity index (χ1) is 15.1. The van der Waals surface area contributed by atoms with Gasteiger partial charge in [-0.1, -0.05) is 36.4 Å². The summed E-state index contributed by atoms with van der Waals surface area (Å²) in [5.74, 6) is 1.01. The number of aryl methyl sites for hydroxylation is 1. The molecule has 0 spiro atoms. The molecule has 1 aliphatic carbocycles. The molecule has 2 aromatic heterocycles. The molecule has 5 rings (SSSR count). The molecule has 31 heavy (non-hydrogen) atoms. The minimum absolute atomic E-state index is 0.722. The van der Waals surface area contributed by atoms with Crippen LogP contribution in [0.3, 0.4) is 0 Å². The number of benzene rings is 1. The van der Waals surface area contributed by atoms with Crippen molar-refractivity contribution in [2.45, 2.75) is 6.92 Å². The molecule has 0 unspecified atom stereocenters. The number of hydrogen-bond acceptors (Lipinski definition) is 3. The third-order valence-corrected chi connectivity index (χ3v) is 6.05. The zero-order chi connectivity index (χ0) is 21.4. The molecule has 2 aliphatic rings. The van der Waals surface area contributed by atoms with Crippen LogP contribution < -0.4 is 4.90 Å². The van der Waals surface area contributed by atoms with Gasteiger partial charge in [-0.2, -0.15) is 0 Å². The number of nitrogens with zero attached hydrogens (tertiary/aromatic N) is 3. The van der Waals surface area contributed by atoms with Crippen molar-refractivity contribution in [1.82, 2.24) is 9.55 Å². The van der Waals surface area contributed by atoms with E-state index in [4.69, 9.17) is 21.3 Å². The van der Waals surface area contributed by atoms with E-state index in [0.717, 1.165) is 70.9 Å². The van der Waals surface area contributed by atoms with E-state index in [2.05, 4.69) is 47.3 Å². The van der Waals surface area contributed by atoms with Gasteiger partial charge in [-0.25, -0.2) is 4.98 Å². The van der Waals surface area contributed by atoms with Gasteiger partial charge in [0.25, 0.3) is 0 Å². The molecule has 0 amide bonds. The lowest BCUT2D eigenvalue weighted by Gasteiger charge is -2.28. The summed E-state index contributed by atoms with van der Waals surface area (Å²) in [6.45, 7) is 9.48. The number of halogens is 1. The Balaban J connectivity index is 1.65. The van der Waals surface area contributed by atoms with Crippen LogP contribution in [-0.2, 0) is 4.74 Å². The summed E-state index contributed by atoms with van der Waals surface area (Å²) in [4.78, 5) is 7.09. The molecule has 0 radical (unpaired) electrons. The molecule has 5 heteroatoms. The molecule has 0 N–H and O–H groups in total. The van der Waals surface area contributed by atoms with Gasteiger partial charge in [0.05, 0.1) is 24.6 Å². The van der Waals surface area contributed by atoms with Crippen LogP contribution in [0.5, 0.6) is 0 Å². The zero-order valence-corrected chi connectivity index (χ0v) is 18.3. The molecule has 0 bridgehead atoms. The molecule has 1 aliphatic heterocycles. The lowest BCUT2D eigenvalue weighted by atomic mass is 10.1. The first kappa shape index (κ1) is 19.9. The van der Waals surface area contributed by atoms with E-state index in [1.54, 1.807) is 0 Å². The third-order valence-electron chi connectivity index (χ3n) is 5.79. The molecule has 4 nitrogen and oxygen atoms in total. The molecule has 1 fully saturated rings. The van der Waals surface area contributed by atoms with Crippen molar-refractivity contribution < 1.29 is 4.74 Å². The first-order valence-electron chi connectivity index (χ1n) is 10.5. The van der Waals surface area contributed by atoms with Gasteiger partial charge in [-0.15, -0.1) is 0 Å². The van der Waals surface area contributed by atoms with Crippen molar-refractivity contribution in [2.24, 2.45) is 0 Å². The van der Waals surface area contributed by atoms with Crippen LogP contribution in [0.2, 0.25) is 5.02 Å². The number of rotatable bonds is 3. The van der Waals surface area contributed by atoms with E-state index in [-0.39, 0.29) is 0 Å². The predicted octanol–water partition coefficient (Wildman–Crippen LogP) is 5.93. The summed E-state index contributed by atoms with van der Waals surface area (Å²) in [6, 6.07) is 12.4. The van der Waals surface area contributed by atoms with Crippen molar-refractivity contribution in [3.63, 3.8) is 0 Å². The monoisotopic (exact) mass is 429 g/mol. The van der Waals surface area contributed by atoms with Crippen LogP contribution in [0.4, 0.5) is 5.82 Å². The molecule has 0 saturated carbocycles. The van der Waals surface area contributed by atoms with E-state index < -0.39 is 0 Å². The topological polar surface area (TPSA) is 30.3 Å². The molecule has 3 heterocycles. The van der Waals surface area contributed by atoms with Crippen LogP contribution >= 0.6 is 11.6 Å². The number of morpholine rings is 1. The number of anilines is 1. The fourth-order valence-electron chi connectivity index (χ4n) is 4.13. The highest BCUT2D eigenvalue weighted by atomic mass is 35.5. The Morgan fingerprint density at radius 3 is 2.48 bits per heavy atom. The fraction of sp³-hybridized carbons (Fsp3) is 0.192.